The van der Waals surface area contributed by atoms with E-state index >= 15 is 4.39 Å². The van der Waals surface area contributed by atoms with Crippen LogP contribution in [0.3, 0.4) is 0 Å². The SMILES string of the molecule is CC(C)(O)Cn1cc(-c2nc(Nc3ccc(SNCCN4CCC5(CC4)CN(c4ccc6c(c4)C(=O)N(C4CCC(=O)NC4=O)C6=O)C5)cc3F)ncc2C(F)(F)F)cn1. The minimum atomic E-state index is -4.76. The zero-order valence-electron chi connectivity index (χ0n) is 32.7. The van der Waals surface area contributed by atoms with Crippen LogP contribution in [0.1, 0.15) is 65.8 Å². The number of aromatic nitrogens is 4. The number of amides is 4. The maximum Gasteiger partial charge on any atom is 0.419 e. The predicted molar refractivity (Wildman–Crippen MR) is 212 cm³/mol. The summed E-state index contributed by atoms with van der Waals surface area (Å²) in [6.07, 6.45) is 0.611. The third-order valence-electron chi connectivity index (χ3n) is 11.2. The van der Waals surface area contributed by atoms with Crippen LogP contribution in [0, 0.1) is 11.2 Å². The number of anilines is 3. The number of hydrogen-bond acceptors (Lipinski definition) is 13. The lowest BCUT2D eigenvalue weighted by atomic mass is 9.71. The Kier molecular flexibility index (Phi) is 10.9. The van der Waals surface area contributed by atoms with Crippen LogP contribution >= 0.6 is 11.9 Å². The summed E-state index contributed by atoms with van der Waals surface area (Å²) in [4.78, 5) is 64.4. The van der Waals surface area contributed by atoms with Crippen molar-refractivity contribution in [3.63, 3.8) is 0 Å². The highest BCUT2D eigenvalue weighted by Gasteiger charge is 2.47. The van der Waals surface area contributed by atoms with E-state index in [0.29, 0.717) is 17.6 Å². The van der Waals surface area contributed by atoms with E-state index in [1.165, 1.54) is 41.2 Å². The van der Waals surface area contributed by atoms with Crippen molar-refractivity contribution in [1.82, 2.24) is 39.6 Å². The van der Waals surface area contributed by atoms with Gasteiger partial charge in [0.1, 0.15) is 17.4 Å². The molecule has 1 spiro atoms. The Labute approximate surface area is 346 Å². The maximum absolute atomic E-state index is 15.2. The summed E-state index contributed by atoms with van der Waals surface area (Å²) < 4.78 is 61.4. The van der Waals surface area contributed by atoms with Gasteiger partial charge in [-0.3, -0.25) is 38.8 Å². The van der Waals surface area contributed by atoms with Crippen LogP contribution in [0.15, 0.2) is 59.9 Å². The second-order valence-electron chi connectivity index (χ2n) is 16.3. The third-order valence-corrected chi connectivity index (χ3v) is 12.1. The molecule has 4 N–H and O–H groups in total. The number of hydrogen-bond donors (Lipinski definition) is 4. The Bertz CT molecular complexity index is 2350. The second kappa shape index (κ2) is 15.9. The zero-order valence-corrected chi connectivity index (χ0v) is 33.5. The molecule has 0 aliphatic carbocycles. The smallest absolute Gasteiger partial charge is 0.389 e. The van der Waals surface area contributed by atoms with Gasteiger partial charge in [0.25, 0.3) is 11.8 Å². The number of carbonyl (C=O) groups is 4. The molecule has 3 saturated heterocycles. The van der Waals surface area contributed by atoms with E-state index in [4.69, 9.17) is 0 Å². The molecule has 8 rings (SSSR count). The van der Waals surface area contributed by atoms with E-state index in [1.807, 2.05) is 6.07 Å². The van der Waals surface area contributed by atoms with Gasteiger partial charge in [0.2, 0.25) is 17.8 Å². The Morgan fingerprint density at radius 3 is 2.45 bits per heavy atom. The van der Waals surface area contributed by atoms with Crippen molar-refractivity contribution >= 4 is 52.9 Å². The minimum Gasteiger partial charge on any atom is -0.389 e. The van der Waals surface area contributed by atoms with Crippen LogP contribution < -0.4 is 20.3 Å². The van der Waals surface area contributed by atoms with Crippen molar-refractivity contribution < 1.29 is 41.8 Å². The van der Waals surface area contributed by atoms with Crippen LogP contribution in [-0.2, 0) is 22.3 Å². The number of likely N-dealkylation sites (tertiary alicyclic amines) is 1. The molecule has 1 unspecified atom stereocenters. The molecular weight excluding hydrogens is 809 g/mol. The Morgan fingerprint density at radius 1 is 1.00 bits per heavy atom. The molecule has 4 aliphatic rings. The Hall–Kier alpha value is -5.44. The monoisotopic (exact) mass is 850 g/mol. The molecule has 2 aromatic heterocycles. The molecule has 0 bridgehead atoms. The van der Waals surface area contributed by atoms with Crippen molar-refractivity contribution in [2.45, 2.75) is 68.8 Å². The first-order chi connectivity index (χ1) is 28.4. The summed E-state index contributed by atoms with van der Waals surface area (Å²) in [6.45, 7) is 8.02. The molecule has 0 saturated carbocycles. The topological polar surface area (TPSA) is 178 Å². The van der Waals surface area contributed by atoms with E-state index in [2.05, 4.69) is 40.2 Å². The molecule has 3 fully saturated rings. The number of piperidine rings is 2. The average molecular weight is 851 g/mol. The number of nitrogens with zero attached hydrogens (tertiary/aromatic N) is 7. The lowest BCUT2D eigenvalue weighted by molar-refractivity contribution is -0.138. The first-order valence-corrected chi connectivity index (χ1v) is 20.3. The van der Waals surface area contributed by atoms with E-state index in [0.717, 1.165) is 56.2 Å². The van der Waals surface area contributed by atoms with Gasteiger partial charge in [-0.15, -0.1) is 0 Å². The van der Waals surface area contributed by atoms with E-state index < -0.39 is 58.5 Å². The number of aliphatic hydroxyl groups is 1. The summed E-state index contributed by atoms with van der Waals surface area (Å²) in [6, 6.07) is 8.64. The normalized spacial score (nSPS) is 19.5. The standard InChI is InChI=1S/C40H42F4N10O5S/c1-38(2,59)20-53-19-23(17-46-53)33-28(40(42,43)44)18-45-37(50-33)48-30-6-4-25(16-29(30)41)60-47-11-14-51-12-9-39(10-13-51)21-52(22-39)24-3-5-26-27(15-24)36(58)54(35(26)57)31-7-8-32(55)49-34(31)56/h3-6,15-19,31,47,59H,7-14,20-22H2,1-2H3,(H,45,48,50)(H,49,55,56). The molecule has 4 aromatic rings. The average Bonchev–Trinajstić information content (AvgIpc) is 3.73. The van der Waals surface area contributed by atoms with Crippen molar-refractivity contribution in [1.29, 1.82) is 0 Å². The molecule has 316 valence electrons. The first-order valence-electron chi connectivity index (χ1n) is 19.4. The summed E-state index contributed by atoms with van der Waals surface area (Å²) >= 11 is 1.26. The number of alkyl halides is 3. The molecule has 2 aromatic carbocycles. The van der Waals surface area contributed by atoms with Gasteiger partial charge in [-0.1, -0.05) is 0 Å². The van der Waals surface area contributed by atoms with Crippen LogP contribution in [0.2, 0.25) is 0 Å². The summed E-state index contributed by atoms with van der Waals surface area (Å²) in [5.74, 6) is -2.98. The lowest BCUT2D eigenvalue weighted by Gasteiger charge is -2.55. The van der Waals surface area contributed by atoms with Crippen LogP contribution in [-0.4, -0.2) is 109 Å². The van der Waals surface area contributed by atoms with Crippen LogP contribution in [0.5, 0.6) is 0 Å². The van der Waals surface area contributed by atoms with Crippen molar-refractivity contribution in [2.75, 3.05) is 49.5 Å². The number of halogens is 4. The Morgan fingerprint density at radius 2 is 1.75 bits per heavy atom. The number of carbonyl (C=O) groups excluding carboxylic acids is 4. The van der Waals surface area contributed by atoms with Gasteiger partial charge in [-0.05, 0) is 94.5 Å². The van der Waals surface area contributed by atoms with Crippen molar-refractivity contribution in [3.05, 3.63) is 77.5 Å². The van der Waals surface area contributed by atoms with Gasteiger partial charge in [-0.25, -0.2) is 14.4 Å². The molecule has 6 heterocycles. The quantitative estimate of drug-likeness (QED) is 0.0674. The van der Waals surface area contributed by atoms with Crippen LogP contribution in [0.25, 0.3) is 11.3 Å². The molecule has 15 nitrogen and oxygen atoms in total. The molecule has 4 amide bonds. The lowest BCUT2D eigenvalue weighted by Crippen LogP contribution is -2.60. The van der Waals surface area contributed by atoms with Crippen LogP contribution in [0.4, 0.5) is 34.9 Å². The predicted octanol–water partition coefficient (Wildman–Crippen LogP) is 4.61. The molecule has 4 aliphatic heterocycles. The van der Waals surface area contributed by atoms with Gasteiger partial charge < -0.3 is 20.2 Å². The number of imide groups is 2. The van der Waals surface area contributed by atoms with Crippen molar-refractivity contribution in [2.24, 2.45) is 5.41 Å². The first kappa shape index (κ1) is 41.3. The molecule has 60 heavy (non-hydrogen) atoms. The molecule has 0 radical (unpaired) electrons. The highest BCUT2D eigenvalue weighted by Crippen LogP contribution is 2.44. The van der Waals surface area contributed by atoms with Gasteiger partial charge >= 0.3 is 6.18 Å². The van der Waals surface area contributed by atoms with Gasteiger partial charge in [0.15, 0.2) is 0 Å². The molecular formula is C40H42F4N10O5S. The largest absolute Gasteiger partial charge is 0.419 e. The number of fused-ring (bicyclic) bond motifs is 1. The van der Waals surface area contributed by atoms with E-state index in [-0.39, 0.29) is 53.1 Å². The summed E-state index contributed by atoms with van der Waals surface area (Å²) in [7, 11) is 0. The number of rotatable bonds is 12. The molecule has 1 atom stereocenters. The summed E-state index contributed by atoms with van der Waals surface area (Å²) in [5, 5.41) is 19.0. The van der Waals surface area contributed by atoms with Gasteiger partial charge in [-0.2, -0.15) is 18.3 Å². The fourth-order valence-corrected chi connectivity index (χ4v) is 8.79. The van der Waals surface area contributed by atoms with Gasteiger partial charge in [0, 0.05) is 66.6 Å². The highest BCUT2D eigenvalue weighted by molar-refractivity contribution is 7.97. The molecule has 20 heteroatoms. The fourth-order valence-electron chi connectivity index (χ4n) is 8.13. The number of benzene rings is 2. The van der Waals surface area contributed by atoms with E-state index in [1.54, 1.807) is 32.0 Å². The van der Waals surface area contributed by atoms with Crippen molar-refractivity contribution in [3.8, 4) is 11.3 Å². The second-order valence-corrected chi connectivity index (χ2v) is 17.3. The minimum absolute atomic E-state index is 0.0178. The van der Waals surface area contributed by atoms with E-state index in [9.17, 15) is 37.5 Å². The highest BCUT2D eigenvalue weighted by atomic mass is 32.2. The maximum atomic E-state index is 15.2. The Balaban J connectivity index is 0.793. The fraction of sp³-hybridized carbons (Fsp3) is 0.425. The third kappa shape index (κ3) is 8.59. The number of nitrogens with one attached hydrogen (secondary N) is 3. The zero-order chi connectivity index (χ0) is 42.6. The summed E-state index contributed by atoms with van der Waals surface area (Å²) in [5.41, 5.74) is -1.10. The van der Waals surface area contributed by atoms with Gasteiger partial charge in [0.05, 0.1) is 40.9 Å².